The zero-order valence-electron chi connectivity index (χ0n) is 14.2. The maximum Gasteiger partial charge on any atom is 0.271 e. The molecule has 0 radical (unpaired) electrons. The minimum Gasteiger partial charge on any atom is -0.348 e. The number of amides is 1. The predicted octanol–water partition coefficient (Wildman–Crippen LogP) is 1.50. The standard InChI is InChI=1S/C16H21N3O4S/c1-16(2,3)11-9-24-15-17-7-10(14(21)19(11)15)13(20)18(4)8-12-22-5-6-23-12/h7,9,12H,5-6,8H2,1-4H3. The number of hydrogen-bond acceptors (Lipinski definition) is 6. The van der Waals surface area contributed by atoms with E-state index in [1.807, 2.05) is 26.2 Å². The van der Waals surface area contributed by atoms with Crippen LogP contribution >= 0.6 is 11.3 Å². The Morgan fingerprint density at radius 3 is 2.71 bits per heavy atom. The van der Waals surface area contributed by atoms with Crippen LogP contribution in [0, 0.1) is 0 Å². The van der Waals surface area contributed by atoms with Gasteiger partial charge >= 0.3 is 0 Å². The summed E-state index contributed by atoms with van der Waals surface area (Å²) in [6, 6.07) is 0. The molecule has 0 aliphatic carbocycles. The lowest BCUT2D eigenvalue weighted by Gasteiger charge is -2.20. The van der Waals surface area contributed by atoms with Crippen LogP contribution in [-0.4, -0.2) is 53.3 Å². The van der Waals surface area contributed by atoms with Gasteiger partial charge in [0.2, 0.25) is 0 Å². The molecule has 24 heavy (non-hydrogen) atoms. The predicted molar refractivity (Wildman–Crippen MR) is 90.7 cm³/mol. The van der Waals surface area contributed by atoms with Gasteiger partial charge in [-0.3, -0.25) is 14.0 Å². The smallest absolute Gasteiger partial charge is 0.271 e. The molecule has 2 aromatic heterocycles. The molecule has 2 aromatic rings. The van der Waals surface area contributed by atoms with Crippen LogP contribution in [0.15, 0.2) is 16.4 Å². The van der Waals surface area contributed by atoms with E-state index in [2.05, 4.69) is 4.98 Å². The zero-order valence-corrected chi connectivity index (χ0v) is 15.1. The number of rotatable bonds is 3. The Bertz CT molecular complexity index is 815. The molecular weight excluding hydrogens is 330 g/mol. The number of nitrogens with zero attached hydrogens (tertiary/aromatic N) is 3. The molecule has 0 bridgehead atoms. The Kier molecular flexibility index (Phi) is 4.46. The lowest BCUT2D eigenvalue weighted by atomic mass is 9.93. The van der Waals surface area contributed by atoms with Crippen LogP contribution in [-0.2, 0) is 14.9 Å². The van der Waals surface area contributed by atoms with Crippen molar-refractivity contribution in [3.05, 3.63) is 33.2 Å². The molecule has 1 saturated heterocycles. The molecule has 130 valence electrons. The van der Waals surface area contributed by atoms with Crippen molar-refractivity contribution in [1.82, 2.24) is 14.3 Å². The van der Waals surface area contributed by atoms with Gasteiger partial charge in [-0.25, -0.2) is 4.98 Å². The van der Waals surface area contributed by atoms with Crippen LogP contribution < -0.4 is 5.56 Å². The van der Waals surface area contributed by atoms with E-state index in [1.165, 1.54) is 26.8 Å². The van der Waals surface area contributed by atoms with Crippen LogP contribution in [0.5, 0.6) is 0 Å². The van der Waals surface area contributed by atoms with E-state index in [0.717, 1.165) is 5.69 Å². The third-order valence-electron chi connectivity index (χ3n) is 3.91. The Morgan fingerprint density at radius 2 is 2.08 bits per heavy atom. The highest BCUT2D eigenvalue weighted by Crippen LogP contribution is 2.25. The summed E-state index contributed by atoms with van der Waals surface area (Å²) in [7, 11) is 1.62. The van der Waals surface area contributed by atoms with Gasteiger partial charge < -0.3 is 14.4 Å². The van der Waals surface area contributed by atoms with E-state index in [9.17, 15) is 9.59 Å². The number of thiazole rings is 1. The maximum absolute atomic E-state index is 12.9. The number of ether oxygens (including phenoxy) is 2. The Morgan fingerprint density at radius 1 is 1.42 bits per heavy atom. The van der Waals surface area contributed by atoms with Crippen molar-refractivity contribution in [1.29, 1.82) is 0 Å². The fourth-order valence-corrected chi connectivity index (χ4v) is 3.66. The van der Waals surface area contributed by atoms with E-state index in [4.69, 9.17) is 9.47 Å². The molecule has 1 fully saturated rings. The second-order valence-electron chi connectivity index (χ2n) is 6.82. The molecule has 0 unspecified atom stereocenters. The van der Waals surface area contributed by atoms with Crippen molar-refractivity contribution >= 4 is 22.2 Å². The van der Waals surface area contributed by atoms with Gasteiger partial charge in [0.1, 0.15) is 5.56 Å². The Hall–Kier alpha value is -1.77. The second kappa shape index (κ2) is 6.27. The highest BCUT2D eigenvalue weighted by atomic mass is 32.1. The van der Waals surface area contributed by atoms with Crippen LogP contribution in [0.1, 0.15) is 36.8 Å². The summed E-state index contributed by atoms with van der Waals surface area (Å²) in [4.78, 5) is 31.8. The summed E-state index contributed by atoms with van der Waals surface area (Å²) in [5, 5.41) is 1.92. The highest BCUT2D eigenvalue weighted by molar-refractivity contribution is 7.15. The quantitative estimate of drug-likeness (QED) is 0.838. The molecule has 3 rings (SSSR count). The van der Waals surface area contributed by atoms with E-state index in [1.54, 1.807) is 7.05 Å². The average Bonchev–Trinajstić information content (AvgIpc) is 3.15. The number of hydrogen-bond donors (Lipinski definition) is 0. The first-order valence-electron chi connectivity index (χ1n) is 7.77. The summed E-state index contributed by atoms with van der Waals surface area (Å²) in [6.45, 7) is 7.39. The minimum absolute atomic E-state index is 0.0527. The number of likely N-dealkylation sites (N-methyl/N-ethyl adjacent to an activating group) is 1. The molecule has 0 N–H and O–H groups in total. The molecule has 0 saturated carbocycles. The lowest BCUT2D eigenvalue weighted by Crippen LogP contribution is -2.38. The first-order valence-corrected chi connectivity index (χ1v) is 8.65. The average molecular weight is 351 g/mol. The van der Waals surface area contributed by atoms with E-state index >= 15 is 0 Å². The van der Waals surface area contributed by atoms with Crippen LogP contribution in [0.25, 0.3) is 4.96 Å². The van der Waals surface area contributed by atoms with Crippen molar-refractivity contribution < 1.29 is 14.3 Å². The van der Waals surface area contributed by atoms with Gasteiger partial charge in [0.05, 0.1) is 19.8 Å². The molecule has 8 heteroatoms. The molecule has 1 amide bonds. The molecule has 0 spiro atoms. The largest absolute Gasteiger partial charge is 0.348 e. The molecule has 3 heterocycles. The van der Waals surface area contributed by atoms with E-state index in [-0.39, 0.29) is 29.0 Å². The van der Waals surface area contributed by atoms with Crippen LogP contribution in [0.2, 0.25) is 0 Å². The highest BCUT2D eigenvalue weighted by Gasteiger charge is 2.26. The third-order valence-corrected chi connectivity index (χ3v) is 4.74. The van der Waals surface area contributed by atoms with Crippen molar-refractivity contribution in [3.8, 4) is 0 Å². The second-order valence-corrected chi connectivity index (χ2v) is 7.66. The number of carbonyl (C=O) groups excluding carboxylic acids is 1. The Balaban J connectivity index is 1.95. The van der Waals surface area contributed by atoms with Crippen molar-refractivity contribution in [2.45, 2.75) is 32.5 Å². The summed E-state index contributed by atoms with van der Waals surface area (Å²) < 4.78 is 12.2. The Labute approximate surface area is 143 Å². The summed E-state index contributed by atoms with van der Waals surface area (Å²) in [5.41, 5.74) is 0.344. The van der Waals surface area contributed by atoms with Crippen molar-refractivity contribution in [2.75, 3.05) is 26.8 Å². The zero-order chi connectivity index (χ0) is 17.5. The number of aromatic nitrogens is 2. The molecule has 1 aliphatic rings. The van der Waals surface area contributed by atoms with Crippen molar-refractivity contribution in [3.63, 3.8) is 0 Å². The number of fused-ring (bicyclic) bond motifs is 1. The SMILES string of the molecule is CN(CC1OCCO1)C(=O)c1cnc2scc(C(C)(C)C)n2c1=O. The van der Waals surface area contributed by atoms with E-state index in [0.29, 0.717) is 18.2 Å². The molecule has 7 nitrogen and oxygen atoms in total. The van der Waals surface area contributed by atoms with Gasteiger partial charge in [0, 0.05) is 29.7 Å². The third kappa shape index (κ3) is 3.09. The summed E-state index contributed by atoms with van der Waals surface area (Å²) in [6.07, 6.45) is 0.917. The first kappa shape index (κ1) is 17.1. The van der Waals surface area contributed by atoms with Crippen molar-refractivity contribution in [2.24, 2.45) is 0 Å². The fraction of sp³-hybridized carbons (Fsp3) is 0.562. The molecule has 0 atom stereocenters. The van der Waals surface area contributed by atoms with Gasteiger partial charge in [-0.1, -0.05) is 20.8 Å². The van der Waals surface area contributed by atoms with Crippen LogP contribution in [0.3, 0.4) is 0 Å². The topological polar surface area (TPSA) is 73.1 Å². The summed E-state index contributed by atoms with van der Waals surface area (Å²) in [5.74, 6) is -0.382. The number of carbonyl (C=O) groups is 1. The molecule has 1 aliphatic heterocycles. The lowest BCUT2D eigenvalue weighted by molar-refractivity contribution is -0.0543. The normalized spacial score (nSPS) is 16.0. The molecular formula is C16H21N3O4S. The minimum atomic E-state index is -0.440. The van der Waals surface area contributed by atoms with Gasteiger partial charge in [-0.15, -0.1) is 11.3 Å². The van der Waals surface area contributed by atoms with Gasteiger partial charge in [0.25, 0.3) is 11.5 Å². The first-order chi connectivity index (χ1) is 11.3. The van der Waals surface area contributed by atoms with Gasteiger partial charge in [0.15, 0.2) is 11.3 Å². The van der Waals surface area contributed by atoms with Gasteiger partial charge in [-0.2, -0.15) is 0 Å². The van der Waals surface area contributed by atoms with Gasteiger partial charge in [-0.05, 0) is 0 Å². The molecule has 0 aromatic carbocycles. The van der Waals surface area contributed by atoms with E-state index < -0.39 is 6.29 Å². The summed E-state index contributed by atoms with van der Waals surface area (Å²) >= 11 is 1.40. The maximum atomic E-state index is 12.9. The van der Waals surface area contributed by atoms with Crippen LogP contribution in [0.4, 0.5) is 0 Å². The monoisotopic (exact) mass is 351 g/mol. The fourth-order valence-electron chi connectivity index (χ4n) is 2.58.